The van der Waals surface area contributed by atoms with Crippen LogP contribution in [0.2, 0.25) is 0 Å². The first-order valence-corrected chi connectivity index (χ1v) is 10.2. The number of benzene rings is 2. The molecule has 0 saturated carbocycles. The summed E-state index contributed by atoms with van der Waals surface area (Å²) in [5.74, 6) is -3.88. The Bertz CT molecular complexity index is 990. The van der Waals surface area contributed by atoms with Crippen LogP contribution in [0.1, 0.15) is 37.3 Å². The highest BCUT2D eigenvalue weighted by atomic mass is 16.6. The summed E-state index contributed by atoms with van der Waals surface area (Å²) in [4.78, 5) is 46.7. The zero-order valence-corrected chi connectivity index (χ0v) is 17.8. The summed E-state index contributed by atoms with van der Waals surface area (Å²) in [6.45, 7) is 3.69. The van der Waals surface area contributed by atoms with E-state index < -0.39 is 29.9 Å². The fourth-order valence-corrected chi connectivity index (χ4v) is 3.76. The van der Waals surface area contributed by atoms with Crippen LogP contribution in [-0.2, 0) is 19.1 Å². The van der Waals surface area contributed by atoms with Gasteiger partial charge in [-0.25, -0.2) is 15.0 Å². The minimum absolute atomic E-state index is 0.00528. The number of nitrogens with one attached hydrogen (secondary N) is 3. The molecule has 9 nitrogen and oxygen atoms in total. The molecule has 168 valence electrons. The van der Waals surface area contributed by atoms with Crippen molar-refractivity contribution < 1.29 is 29.0 Å². The molecule has 1 aliphatic carbocycles. The van der Waals surface area contributed by atoms with Gasteiger partial charge in [-0.05, 0) is 34.6 Å². The second kappa shape index (κ2) is 9.95. The SMILES string of the molecule is CC(C)C[C@H](NC(=O)C(=O)O)C(=O)NNC(=O)OCC1c2ccccc2-c2ccccc21. The van der Waals surface area contributed by atoms with E-state index in [1.807, 2.05) is 62.4 Å². The normalized spacial score (nSPS) is 13.0. The molecule has 0 spiro atoms. The first kappa shape index (κ1) is 22.8. The van der Waals surface area contributed by atoms with Gasteiger partial charge in [0, 0.05) is 5.92 Å². The number of carbonyl (C=O) groups excluding carboxylic acids is 3. The lowest BCUT2D eigenvalue weighted by molar-refractivity contribution is -0.151. The van der Waals surface area contributed by atoms with E-state index in [4.69, 9.17) is 9.84 Å². The Kier molecular flexibility index (Phi) is 7.09. The molecule has 4 N–H and O–H groups in total. The number of carboxylic acids is 1. The third kappa shape index (κ3) is 5.23. The molecule has 2 aromatic rings. The largest absolute Gasteiger partial charge is 0.474 e. The standard InChI is InChI=1S/C23H25N3O6/c1-13(2)11-19(24-21(28)22(29)30)20(27)25-26-23(31)32-12-18-16-9-5-3-7-14(16)15-8-4-6-10-17(15)18/h3-10,13,18-19H,11-12H2,1-2H3,(H,24,28)(H,25,27)(H,26,31)(H,29,30)/t19-/m0/s1. The Morgan fingerprint density at radius 2 is 1.50 bits per heavy atom. The number of hydrogen-bond donors (Lipinski definition) is 4. The number of rotatable bonds is 6. The van der Waals surface area contributed by atoms with Gasteiger partial charge in [-0.1, -0.05) is 62.4 Å². The third-order valence-corrected chi connectivity index (χ3v) is 5.15. The Hall–Kier alpha value is -3.88. The molecule has 9 heteroatoms. The van der Waals surface area contributed by atoms with Crippen molar-refractivity contribution in [3.05, 3.63) is 59.7 Å². The Morgan fingerprint density at radius 3 is 2.03 bits per heavy atom. The maximum atomic E-state index is 12.3. The monoisotopic (exact) mass is 439 g/mol. The molecule has 0 heterocycles. The highest BCUT2D eigenvalue weighted by molar-refractivity contribution is 6.32. The van der Waals surface area contributed by atoms with Gasteiger partial charge < -0.3 is 15.2 Å². The first-order chi connectivity index (χ1) is 15.3. The number of hydrazine groups is 1. The summed E-state index contributed by atoms with van der Waals surface area (Å²) in [5, 5.41) is 10.9. The second-order valence-corrected chi connectivity index (χ2v) is 7.90. The van der Waals surface area contributed by atoms with Gasteiger partial charge in [0.2, 0.25) is 0 Å². The average molecular weight is 439 g/mol. The van der Waals surface area contributed by atoms with Crippen molar-refractivity contribution in [2.45, 2.75) is 32.2 Å². The van der Waals surface area contributed by atoms with Gasteiger partial charge in [0.15, 0.2) is 0 Å². The van der Waals surface area contributed by atoms with Gasteiger partial charge in [-0.3, -0.25) is 15.0 Å². The smallest absolute Gasteiger partial charge is 0.426 e. The Morgan fingerprint density at radius 1 is 0.938 bits per heavy atom. The predicted octanol–water partition coefficient (Wildman–Crippen LogP) is 2.17. The lowest BCUT2D eigenvalue weighted by Gasteiger charge is -2.19. The van der Waals surface area contributed by atoms with E-state index in [9.17, 15) is 19.2 Å². The van der Waals surface area contributed by atoms with Gasteiger partial charge in [-0.15, -0.1) is 0 Å². The average Bonchev–Trinajstić information content (AvgIpc) is 3.09. The molecule has 0 aromatic heterocycles. The zero-order valence-electron chi connectivity index (χ0n) is 17.8. The van der Waals surface area contributed by atoms with Crippen LogP contribution in [0.5, 0.6) is 0 Å². The van der Waals surface area contributed by atoms with E-state index in [1.54, 1.807) is 0 Å². The predicted molar refractivity (Wildman–Crippen MR) is 115 cm³/mol. The number of aliphatic carboxylic acids is 1. The van der Waals surface area contributed by atoms with Crippen LogP contribution in [0.3, 0.4) is 0 Å². The van der Waals surface area contributed by atoms with Crippen molar-refractivity contribution in [1.29, 1.82) is 0 Å². The lowest BCUT2D eigenvalue weighted by Crippen LogP contribution is -2.53. The van der Waals surface area contributed by atoms with Crippen molar-refractivity contribution >= 4 is 23.9 Å². The maximum absolute atomic E-state index is 12.3. The Labute approximate surface area is 185 Å². The van der Waals surface area contributed by atoms with Crippen molar-refractivity contribution in [2.75, 3.05) is 6.61 Å². The van der Waals surface area contributed by atoms with E-state index >= 15 is 0 Å². The highest BCUT2D eigenvalue weighted by Gasteiger charge is 2.29. The van der Waals surface area contributed by atoms with Gasteiger partial charge in [0.1, 0.15) is 12.6 Å². The maximum Gasteiger partial charge on any atom is 0.426 e. The van der Waals surface area contributed by atoms with E-state index in [2.05, 4.69) is 16.2 Å². The summed E-state index contributed by atoms with van der Waals surface area (Å²) >= 11 is 0. The van der Waals surface area contributed by atoms with Crippen LogP contribution >= 0.6 is 0 Å². The fourth-order valence-electron chi connectivity index (χ4n) is 3.76. The van der Waals surface area contributed by atoms with Gasteiger partial charge in [-0.2, -0.15) is 0 Å². The number of fused-ring (bicyclic) bond motifs is 3. The number of amides is 3. The van der Waals surface area contributed by atoms with Crippen LogP contribution < -0.4 is 16.2 Å². The van der Waals surface area contributed by atoms with Gasteiger partial charge in [0.25, 0.3) is 5.91 Å². The van der Waals surface area contributed by atoms with Crippen molar-refractivity contribution in [1.82, 2.24) is 16.2 Å². The molecule has 0 aliphatic heterocycles. The topological polar surface area (TPSA) is 134 Å². The van der Waals surface area contributed by atoms with E-state index in [0.29, 0.717) is 0 Å². The van der Waals surface area contributed by atoms with Crippen LogP contribution in [0, 0.1) is 5.92 Å². The summed E-state index contributed by atoms with van der Waals surface area (Å²) < 4.78 is 5.32. The molecule has 3 amide bonds. The summed E-state index contributed by atoms with van der Waals surface area (Å²) in [6, 6.07) is 14.7. The molecule has 32 heavy (non-hydrogen) atoms. The summed E-state index contributed by atoms with van der Waals surface area (Å²) in [5.41, 5.74) is 8.62. The van der Waals surface area contributed by atoms with Crippen molar-refractivity contribution in [3.63, 3.8) is 0 Å². The molecule has 0 unspecified atom stereocenters. The molecular formula is C23H25N3O6. The van der Waals surface area contributed by atoms with Crippen LogP contribution in [0.15, 0.2) is 48.5 Å². The minimum Gasteiger partial charge on any atom is -0.474 e. The molecule has 3 rings (SSSR count). The zero-order chi connectivity index (χ0) is 23.3. The van der Waals surface area contributed by atoms with Crippen LogP contribution in [0.25, 0.3) is 11.1 Å². The second-order valence-electron chi connectivity index (χ2n) is 7.90. The van der Waals surface area contributed by atoms with Gasteiger partial charge in [0.05, 0.1) is 0 Å². The number of hydrogen-bond acceptors (Lipinski definition) is 5. The molecular weight excluding hydrogens is 414 g/mol. The molecule has 1 aliphatic rings. The van der Waals surface area contributed by atoms with E-state index in [0.717, 1.165) is 22.3 Å². The molecule has 1 atom stereocenters. The van der Waals surface area contributed by atoms with Crippen molar-refractivity contribution in [2.24, 2.45) is 5.92 Å². The molecule has 0 saturated heterocycles. The molecule has 2 aromatic carbocycles. The van der Waals surface area contributed by atoms with E-state index in [1.165, 1.54) is 0 Å². The van der Waals surface area contributed by atoms with Crippen LogP contribution in [0.4, 0.5) is 4.79 Å². The fraction of sp³-hybridized carbons (Fsp3) is 0.304. The lowest BCUT2D eigenvalue weighted by atomic mass is 9.98. The molecule has 0 bridgehead atoms. The quantitative estimate of drug-likeness (QED) is 0.403. The number of ether oxygens (including phenoxy) is 1. The third-order valence-electron chi connectivity index (χ3n) is 5.15. The number of carbonyl (C=O) groups is 4. The molecule has 0 radical (unpaired) electrons. The van der Waals surface area contributed by atoms with Crippen LogP contribution in [-0.4, -0.2) is 41.6 Å². The summed E-state index contributed by atoms with van der Waals surface area (Å²) in [7, 11) is 0. The Balaban J connectivity index is 1.57. The molecule has 0 fully saturated rings. The van der Waals surface area contributed by atoms with Gasteiger partial charge >= 0.3 is 18.0 Å². The first-order valence-electron chi connectivity index (χ1n) is 10.2. The highest BCUT2D eigenvalue weighted by Crippen LogP contribution is 2.44. The number of carboxylic acid groups (broad SMARTS) is 1. The summed E-state index contributed by atoms with van der Waals surface area (Å²) in [6.07, 6.45) is -0.676. The van der Waals surface area contributed by atoms with Crippen molar-refractivity contribution in [3.8, 4) is 11.1 Å². The van der Waals surface area contributed by atoms with E-state index in [-0.39, 0.29) is 24.9 Å². The minimum atomic E-state index is -1.70.